The highest BCUT2D eigenvalue weighted by molar-refractivity contribution is 6.78. The third kappa shape index (κ3) is 7.59. The maximum absolute atomic E-state index is 14.5. The van der Waals surface area contributed by atoms with E-state index in [0.29, 0.717) is 51.2 Å². The third-order valence-corrected chi connectivity index (χ3v) is 22.6. The van der Waals surface area contributed by atoms with Gasteiger partial charge in [-0.15, -0.1) is 0 Å². The number of ketones is 2. The Balaban J connectivity index is 2.37. The molecule has 0 aliphatic heterocycles. The lowest BCUT2D eigenvalue weighted by Gasteiger charge is -2.44. The zero-order valence-corrected chi connectivity index (χ0v) is 35.0. The Morgan fingerprint density at radius 3 is 1.59 bits per heavy atom. The summed E-state index contributed by atoms with van der Waals surface area (Å²) in [5.41, 5.74) is 4.35. The molecule has 2 aromatic carbocycles. The van der Waals surface area contributed by atoms with Crippen LogP contribution in [0, 0.1) is 0 Å². The summed E-state index contributed by atoms with van der Waals surface area (Å²) >= 11 is 0. The Morgan fingerprint density at radius 2 is 1.14 bits per heavy atom. The molecule has 0 unspecified atom stereocenters. The van der Waals surface area contributed by atoms with Crippen molar-refractivity contribution in [2.75, 3.05) is 14.2 Å². The molecule has 0 bridgehead atoms. The fourth-order valence-corrected chi connectivity index (χ4v) is 19.2. The molecule has 0 saturated heterocycles. The fraction of sp³-hybridized carbons (Fsp3) is 0.600. The number of hydrogen-bond acceptors (Lipinski definition) is 7. The van der Waals surface area contributed by atoms with Gasteiger partial charge in [0.25, 0.3) is 8.32 Å². The molecule has 3 rings (SSSR count). The Bertz CT molecular complexity index is 1490. The van der Waals surface area contributed by atoms with Crippen molar-refractivity contribution in [3.05, 3.63) is 58.3 Å². The topological polar surface area (TPSA) is 80.3 Å². The van der Waals surface area contributed by atoms with E-state index in [0.717, 1.165) is 11.3 Å². The molecule has 1 aliphatic rings. The summed E-state index contributed by atoms with van der Waals surface area (Å²) in [6.07, 6.45) is -0.345. The van der Waals surface area contributed by atoms with Crippen LogP contribution in [0.2, 0.25) is 33.2 Å². The molecule has 272 valence electrons. The first kappa shape index (κ1) is 40.5. The van der Waals surface area contributed by atoms with Crippen LogP contribution in [0.5, 0.6) is 17.2 Å². The van der Waals surface area contributed by atoms with Gasteiger partial charge < -0.3 is 23.1 Å². The molecule has 2 aromatic rings. The van der Waals surface area contributed by atoms with Crippen LogP contribution in [0.25, 0.3) is 5.57 Å². The van der Waals surface area contributed by atoms with Gasteiger partial charge in [-0.2, -0.15) is 0 Å². The maximum Gasteiger partial charge on any atom is 0.258 e. The largest absolute Gasteiger partial charge is 0.542 e. The molecule has 7 nitrogen and oxygen atoms in total. The first-order valence-electron chi connectivity index (χ1n) is 18.0. The van der Waals surface area contributed by atoms with E-state index >= 15 is 0 Å². The number of rotatable bonds is 16. The molecule has 0 radical (unpaired) electrons. The number of carbonyl (C=O) groups is 2. The van der Waals surface area contributed by atoms with Gasteiger partial charge in [0, 0.05) is 17.2 Å². The summed E-state index contributed by atoms with van der Waals surface area (Å²) in [4.78, 5) is 28.7. The van der Waals surface area contributed by atoms with Crippen LogP contribution >= 0.6 is 0 Å². The summed E-state index contributed by atoms with van der Waals surface area (Å²) in [6.45, 7) is 31.4. The highest BCUT2D eigenvalue weighted by Gasteiger charge is 2.48. The van der Waals surface area contributed by atoms with Crippen LogP contribution in [0.3, 0.4) is 0 Å². The van der Waals surface area contributed by atoms with E-state index in [1.54, 1.807) is 12.1 Å². The molecule has 0 atom stereocenters. The second kappa shape index (κ2) is 16.0. The van der Waals surface area contributed by atoms with E-state index in [1.807, 2.05) is 32.0 Å². The molecule has 0 N–H and O–H groups in total. The number of methoxy groups -OCH3 is 2. The molecular formula is C40H62O7Si2. The van der Waals surface area contributed by atoms with Gasteiger partial charge in [-0.1, -0.05) is 89.2 Å². The van der Waals surface area contributed by atoms with Gasteiger partial charge >= 0.3 is 0 Å². The predicted octanol–water partition coefficient (Wildman–Crippen LogP) is 11.2. The molecule has 9 heteroatoms. The van der Waals surface area contributed by atoms with Gasteiger partial charge in [0.2, 0.25) is 14.1 Å². The van der Waals surface area contributed by atoms with Crippen LogP contribution in [0.15, 0.2) is 36.1 Å². The van der Waals surface area contributed by atoms with Crippen molar-refractivity contribution in [2.24, 2.45) is 0 Å². The fourth-order valence-electron chi connectivity index (χ4n) is 8.55. The first-order chi connectivity index (χ1) is 22.8. The summed E-state index contributed by atoms with van der Waals surface area (Å²) < 4.78 is 31.7. The number of ether oxygens (including phenoxy) is 3. The second-order valence-electron chi connectivity index (χ2n) is 15.6. The summed E-state index contributed by atoms with van der Waals surface area (Å²) in [6, 6.07) is 9.08. The number of allylic oxidation sites excluding steroid dienone is 2. The lowest BCUT2D eigenvalue weighted by molar-refractivity contribution is 0.0818. The predicted molar refractivity (Wildman–Crippen MR) is 205 cm³/mol. The van der Waals surface area contributed by atoms with Crippen molar-refractivity contribution in [2.45, 2.75) is 143 Å². The van der Waals surface area contributed by atoms with E-state index < -0.39 is 22.4 Å². The lowest BCUT2D eigenvalue weighted by Crippen LogP contribution is -2.51. The van der Waals surface area contributed by atoms with Crippen molar-refractivity contribution in [3.63, 3.8) is 0 Å². The molecule has 0 amide bonds. The normalized spacial score (nSPS) is 14.3. The molecule has 49 heavy (non-hydrogen) atoms. The Hall–Kier alpha value is -2.89. The Kier molecular flexibility index (Phi) is 13.2. The number of fused-ring (bicyclic) bond motifs is 1. The first-order valence-corrected chi connectivity index (χ1v) is 22.3. The summed E-state index contributed by atoms with van der Waals surface area (Å²) in [7, 11) is -1.63. The van der Waals surface area contributed by atoms with Crippen molar-refractivity contribution in [3.8, 4) is 17.2 Å². The SMILES string of the molecule is COc1cc(OC)c2c(c1)C(=O)C(c1ccc(O[Si](C(C)C)(C(C)C)C(C)C)c(CO[Si](C(C)C)(C(C)C)C(C)C)c1)=C(OC(C)C)C2=O. The van der Waals surface area contributed by atoms with Crippen LogP contribution in [0.4, 0.5) is 0 Å². The summed E-state index contributed by atoms with van der Waals surface area (Å²) in [5, 5.41) is 0. The van der Waals surface area contributed by atoms with Gasteiger partial charge in [0.1, 0.15) is 17.2 Å². The molecular weight excluding hydrogens is 649 g/mol. The number of hydrogen-bond donors (Lipinski definition) is 0. The quantitative estimate of drug-likeness (QED) is 0.160. The molecule has 0 spiro atoms. The van der Waals surface area contributed by atoms with Crippen molar-refractivity contribution >= 4 is 33.8 Å². The Morgan fingerprint density at radius 1 is 0.612 bits per heavy atom. The van der Waals surface area contributed by atoms with Crippen LogP contribution in [-0.2, 0) is 15.8 Å². The van der Waals surface area contributed by atoms with Crippen LogP contribution in [-0.4, -0.2) is 48.5 Å². The van der Waals surface area contributed by atoms with Crippen molar-refractivity contribution in [1.82, 2.24) is 0 Å². The van der Waals surface area contributed by atoms with Gasteiger partial charge in [0.15, 0.2) is 11.5 Å². The number of Topliss-reactive ketones (excluding diaryl/α,β-unsaturated/α-hetero) is 2. The number of benzene rings is 2. The molecule has 1 aliphatic carbocycles. The van der Waals surface area contributed by atoms with E-state index in [9.17, 15) is 9.59 Å². The smallest absolute Gasteiger partial charge is 0.258 e. The van der Waals surface area contributed by atoms with E-state index in [4.69, 9.17) is 23.1 Å². The van der Waals surface area contributed by atoms with Gasteiger partial charge in [0.05, 0.1) is 38.1 Å². The third-order valence-electron chi connectivity index (χ3n) is 10.5. The highest BCUT2D eigenvalue weighted by atomic mass is 28.4. The minimum Gasteiger partial charge on any atom is -0.542 e. The van der Waals surface area contributed by atoms with Gasteiger partial charge in [-0.05, 0) is 70.9 Å². The zero-order valence-electron chi connectivity index (χ0n) is 33.0. The zero-order chi connectivity index (χ0) is 37.2. The van der Waals surface area contributed by atoms with E-state index in [2.05, 4.69) is 83.1 Å². The van der Waals surface area contributed by atoms with Crippen LogP contribution < -0.4 is 13.9 Å². The maximum atomic E-state index is 14.5. The molecule has 0 fully saturated rings. The van der Waals surface area contributed by atoms with Crippen LogP contribution in [0.1, 0.15) is 129 Å². The highest BCUT2D eigenvalue weighted by Crippen LogP contribution is 2.47. The van der Waals surface area contributed by atoms with Gasteiger partial charge in [-0.25, -0.2) is 0 Å². The minimum atomic E-state index is -2.36. The standard InChI is InChI=1S/C40H62O7Si2/c1-23(2)46-40-36(38(41)33-20-32(43-15)21-35(44-16)37(33)39(40)42)30-17-18-34(47-49(27(9)10,28(11)12)29(13)14)31(19-30)22-45-48(24(3)4,25(5)6)26(7)8/h17-21,23-29H,22H2,1-16H3. The van der Waals surface area contributed by atoms with E-state index in [1.165, 1.54) is 14.2 Å². The Labute approximate surface area is 298 Å². The lowest BCUT2D eigenvalue weighted by atomic mass is 9.83. The average Bonchev–Trinajstić information content (AvgIpc) is 3.01. The average molecular weight is 711 g/mol. The minimum absolute atomic E-state index is 0.0158. The molecule has 0 saturated carbocycles. The van der Waals surface area contributed by atoms with Gasteiger partial charge in [-0.3, -0.25) is 9.59 Å². The monoisotopic (exact) mass is 710 g/mol. The molecule has 0 aromatic heterocycles. The van der Waals surface area contributed by atoms with Crippen molar-refractivity contribution in [1.29, 1.82) is 0 Å². The second-order valence-corrected chi connectivity index (χ2v) is 26.5. The van der Waals surface area contributed by atoms with E-state index in [-0.39, 0.29) is 40.1 Å². The summed E-state index contributed by atoms with van der Waals surface area (Å²) in [5.74, 6) is 0.778. The molecule has 0 heterocycles. The number of carbonyl (C=O) groups excluding carboxylic acids is 2. The van der Waals surface area contributed by atoms with Crippen molar-refractivity contribution < 1.29 is 32.7 Å².